The molecule has 0 radical (unpaired) electrons. The van der Waals surface area contributed by atoms with Gasteiger partial charge < -0.3 is 19.5 Å². The van der Waals surface area contributed by atoms with Crippen LogP contribution in [-0.4, -0.2) is 55.3 Å². The molecule has 1 fully saturated rings. The van der Waals surface area contributed by atoms with Crippen LogP contribution < -0.4 is 5.32 Å². The summed E-state index contributed by atoms with van der Waals surface area (Å²) in [4.78, 5) is 14.6. The Hall–Kier alpha value is -1.33. The predicted octanol–water partition coefficient (Wildman–Crippen LogP) is 0.958. The van der Waals surface area contributed by atoms with Crippen LogP contribution in [0, 0.1) is 0 Å². The number of nitrogens with one attached hydrogen (secondary N) is 1. The first-order valence-electron chi connectivity index (χ1n) is 6.87. The molecule has 1 amide bonds. The van der Waals surface area contributed by atoms with Crippen LogP contribution in [0.15, 0.2) is 18.3 Å². The van der Waals surface area contributed by atoms with Gasteiger partial charge >= 0.3 is 0 Å². The van der Waals surface area contributed by atoms with Gasteiger partial charge in [0.1, 0.15) is 5.69 Å². The molecule has 1 aliphatic rings. The normalized spacial score (nSPS) is 19.1. The van der Waals surface area contributed by atoms with E-state index in [0.29, 0.717) is 12.6 Å². The van der Waals surface area contributed by atoms with Crippen LogP contribution in [0.5, 0.6) is 0 Å². The molecule has 1 unspecified atom stereocenters. The minimum Gasteiger partial charge on any atom is -0.383 e. The zero-order valence-electron chi connectivity index (χ0n) is 11.8. The van der Waals surface area contributed by atoms with E-state index in [0.717, 1.165) is 38.2 Å². The summed E-state index contributed by atoms with van der Waals surface area (Å²) in [7, 11) is 3.61. The maximum Gasteiger partial charge on any atom is 0.270 e. The molecular weight excluding hydrogens is 242 g/mol. The number of aromatic nitrogens is 1. The molecule has 1 N–H and O–H groups in total. The number of likely N-dealkylation sites (tertiary alicyclic amines) is 1. The second-order valence-electron chi connectivity index (χ2n) is 4.93. The number of carbonyl (C=O) groups excluding carboxylic acids is 1. The third-order valence-electron chi connectivity index (χ3n) is 3.66. The number of rotatable bonds is 6. The first kappa shape index (κ1) is 14.1. The Morgan fingerprint density at radius 3 is 3.16 bits per heavy atom. The first-order chi connectivity index (χ1) is 9.27. The van der Waals surface area contributed by atoms with Gasteiger partial charge in [0.2, 0.25) is 0 Å². The molecule has 2 rings (SSSR count). The van der Waals surface area contributed by atoms with Crippen LogP contribution in [0.1, 0.15) is 23.3 Å². The highest BCUT2D eigenvalue weighted by Crippen LogP contribution is 2.20. The van der Waals surface area contributed by atoms with E-state index in [1.807, 2.05) is 34.8 Å². The van der Waals surface area contributed by atoms with Crippen LogP contribution in [0.25, 0.3) is 0 Å². The fourth-order valence-corrected chi connectivity index (χ4v) is 2.69. The summed E-state index contributed by atoms with van der Waals surface area (Å²) < 4.78 is 7.05. The first-order valence-corrected chi connectivity index (χ1v) is 6.87. The van der Waals surface area contributed by atoms with Crippen molar-refractivity contribution in [3.63, 3.8) is 0 Å². The van der Waals surface area contributed by atoms with Crippen molar-refractivity contribution in [1.82, 2.24) is 14.8 Å². The van der Waals surface area contributed by atoms with E-state index in [1.54, 1.807) is 7.11 Å². The Labute approximate surface area is 114 Å². The molecule has 19 heavy (non-hydrogen) atoms. The molecule has 5 heteroatoms. The van der Waals surface area contributed by atoms with Crippen molar-refractivity contribution in [3.8, 4) is 0 Å². The summed E-state index contributed by atoms with van der Waals surface area (Å²) in [5.74, 6) is 0.138. The lowest BCUT2D eigenvalue weighted by molar-refractivity contribution is 0.0723. The average molecular weight is 265 g/mol. The van der Waals surface area contributed by atoms with Crippen molar-refractivity contribution < 1.29 is 9.53 Å². The summed E-state index contributed by atoms with van der Waals surface area (Å²) in [5, 5.41) is 3.17. The molecule has 0 bridgehead atoms. The predicted molar refractivity (Wildman–Crippen MR) is 74.3 cm³/mol. The molecule has 5 nitrogen and oxygen atoms in total. The van der Waals surface area contributed by atoms with Gasteiger partial charge in [0, 0.05) is 39.0 Å². The van der Waals surface area contributed by atoms with Crippen molar-refractivity contribution >= 4 is 5.91 Å². The van der Waals surface area contributed by atoms with E-state index in [2.05, 4.69) is 5.32 Å². The Kier molecular flexibility index (Phi) is 4.99. The van der Waals surface area contributed by atoms with Crippen LogP contribution >= 0.6 is 0 Å². The van der Waals surface area contributed by atoms with E-state index in [-0.39, 0.29) is 5.91 Å². The van der Waals surface area contributed by atoms with Crippen molar-refractivity contribution in [1.29, 1.82) is 0 Å². The number of ether oxygens (including phenoxy) is 1. The van der Waals surface area contributed by atoms with Crippen LogP contribution in [0.4, 0.5) is 0 Å². The molecule has 0 spiro atoms. The molecular formula is C14H23N3O2. The van der Waals surface area contributed by atoms with Gasteiger partial charge in [-0.2, -0.15) is 0 Å². The molecule has 0 aliphatic carbocycles. The zero-order chi connectivity index (χ0) is 13.7. The summed E-state index contributed by atoms with van der Waals surface area (Å²) in [5.41, 5.74) is 0.764. The van der Waals surface area contributed by atoms with Gasteiger partial charge in [0.15, 0.2) is 0 Å². The lowest BCUT2D eigenvalue weighted by atomic mass is 10.2. The van der Waals surface area contributed by atoms with E-state index in [4.69, 9.17) is 4.74 Å². The average Bonchev–Trinajstić information content (AvgIpc) is 3.04. The number of nitrogens with zero attached hydrogens (tertiary/aromatic N) is 2. The van der Waals surface area contributed by atoms with E-state index in [1.165, 1.54) is 0 Å². The van der Waals surface area contributed by atoms with Gasteiger partial charge in [0.25, 0.3) is 5.91 Å². The number of hydrogen-bond donors (Lipinski definition) is 1. The highest BCUT2D eigenvalue weighted by molar-refractivity contribution is 5.93. The highest BCUT2D eigenvalue weighted by Gasteiger charge is 2.29. The minimum atomic E-state index is 0.138. The van der Waals surface area contributed by atoms with Crippen LogP contribution in [0.3, 0.4) is 0 Å². The standard InChI is InChI=1S/C14H23N3O2/c1-15-11-12-5-3-8-17(12)14(18)13-6-4-7-16(13)9-10-19-2/h4,6-7,12,15H,3,5,8-11H2,1-2H3. The molecule has 1 saturated heterocycles. The lowest BCUT2D eigenvalue weighted by Gasteiger charge is -2.25. The Morgan fingerprint density at radius 1 is 1.58 bits per heavy atom. The van der Waals surface area contributed by atoms with Crippen LogP contribution in [-0.2, 0) is 11.3 Å². The van der Waals surface area contributed by atoms with Crippen molar-refractivity contribution in [2.45, 2.75) is 25.4 Å². The number of hydrogen-bond acceptors (Lipinski definition) is 3. The lowest BCUT2D eigenvalue weighted by Crippen LogP contribution is -2.41. The molecule has 0 aromatic carbocycles. The molecule has 0 saturated carbocycles. The Balaban J connectivity index is 2.08. The largest absolute Gasteiger partial charge is 0.383 e. The monoisotopic (exact) mass is 265 g/mol. The van der Waals surface area contributed by atoms with Crippen molar-refractivity contribution in [2.24, 2.45) is 0 Å². The summed E-state index contributed by atoms with van der Waals surface area (Å²) in [6, 6.07) is 4.14. The fourth-order valence-electron chi connectivity index (χ4n) is 2.69. The molecule has 1 aromatic rings. The fraction of sp³-hybridized carbons (Fsp3) is 0.643. The molecule has 106 valence electrons. The Bertz CT molecular complexity index is 417. The van der Waals surface area contributed by atoms with Gasteiger partial charge in [-0.25, -0.2) is 0 Å². The van der Waals surface area contributed by atoms with Crippen molar-refractivity contribution in [3.05, 3.63) is 24.0 Å². The molecule has 1 aromatic heterocycles. The number of likely N-dealkylation sites (N-methyl/N-ethyl adjacent to an activating group) is 1. The zero-order valence-corrected chi connectivity index (χ0v) is 11.8. The van der Waals surface area contributed by atoms with Gasteiger partial charge in [0.05, 0.1) is 6.61 Å². The SMILES string of the molecule is CNCC1CCCN1C(=O)c1cccn1CCOC. The Morgan fingerprint density at radius 2 is 2.42 bits per heavy atom. The number of amides is 1. The smallest absolute Gasteiger partial charge is 0.270 e. The second-order valence-corrected chi connectivity index (χ2v) is 4.93. The highest BCUT2D eigenvalue weighted by atomic mass is 16.5. The minimum absolute atomic E-state index is 0.138. The van der Waals surface area contributed by atoms with Gasteiger partial charge in [-0.3, -0.25) is 4.79 Å². The second kappa shape index (κ2) is 6.73. The van der Waals surface area contributed by atoms with E-state index in [9.17, 15) is 4.79 Å². The van der Waals surface area contributed by atoms with Gasteiger partial charge in [-0.1, -0.05) is 0 Å². The van der Waals surface area contributed by atoms with Gasteiger partial charge in [-0.05, 0) is 32.0 Å². The van der Waals surface area contributed by atoms with Crippen molar-refractivity contribution in [2.75, 3.05) is 33.9 Å². The summed E-state index contributed by atoms with van der Waals surface area (Å²) in [6.07, 6.45) is 4.12. The van der Waals surface area contributed by atoms with E-state index >= 15 is 0 Å². The molecule has 1 atom stereocenters. The number of carbonyl (C=O) groups is 1. The van der Waals surface area contributed by atoms with Crippen LogP contribution in [0.2, 0.25) is 0 Å². The summed E-state index contributed by atoms with van der Waals surface area (Å²) >= 11 is 0. The maximum absolute atomic E-state index is 12.6. The summed E-state index contributed by atoms with van der Waals surface area (Å²) in [6.45, 7) is 3.06. The number of methoxy groups -OCH3 is 1. The van der Waals surface area contributed by atoms with Gasteiger partial charge in [-0.15, -0.1) is 0 Å². The molecule has 2 heterocycles. The topological polar surface area (TPSA) is 46.5 Å². The third-order valence-corrected chi connectivity index (χ3v) is 3.66. The third kappa shape index (κ3) is 3.16. The quantitative estimate of drug-likeness (QED) is 0.833. The van der Waals surface area contributed by atoms with E-state index < -0.39 is 0 Å². The molecule has 1 aliphatic heterocycles. The maximum atomic E-state index is 12.6.